The zero-order valence-electron chi connectivity index (χ0n) is 15.9. The van der Waals surface area contributed by atoms with Gasteiger partial charge < -0.3 is 24.8 Å². The Balaban J connectivity index is 2.03. The minimum atomic E-state index is -0.526. The van der Waals surface area contributed by atoms with Gasteiger partial charge in [0.2, 0.25) is 0 Å². The fourth-order valence-electron chi connectivity index (χ4n) is 3.11. The van der Waals surface area contributed by atoms with E-state index in [1.165, 1.54) is 7.11 Å². The maximum Gasteiger partial charge on any atom is 0.337 e. The molecule has 3 rings (SSSR count). The van der Waals surface area contributed by atoms with Crippen molar-refractivity contribution in [2.45, 2.75) is 19.6 Å². The predicted octanol–water partition coefficient (Wildman–Crippen LogP) is 3.24. The molecule has 0 bridgehead atoms. The van der Waals surface area contributed by atoms with E-state index in [4.69, 9.17) is 26.4 Å². The van der Waals surface area contributed by atoms with Gasteiger partial charge in [0.25, 0.3) is 0 Å². The molecule has 0 saturated heterocycles. The maximum atomic E-state index is 12.4. The van der Waals surface area contributed by atoms with Gasteiger partial charge in [-0.25, -0.2) is 4.79 Å². The van der Waals surface area contributed by atoms with Crippen LogP contribution in [0.1, 0.15) is 24.1 Å². The largest absolute Gasteiger partial charge is 0.493 e. The molecule has 0 aliphatic carbocycles. The molecular formula is C21H22N2O4S. The van der Waals surface area contributed by atoms with Crippen molar-refractivity contribution in [1.29, 1.82) is 0 Å². The monoisotopic (exact) mass is 398 g/mol. The average molecular weight is 398 g/mol. The smallest absolute Gasteiger partial charge is 0.337 e. The molecule has 0 radical (unpaired) electrons. The topological polar surface area (TPSA) is 68.8 Å². The summed E-state index contributed by atoms with van der Waals surface area (Å²) in [5, 5.41) is 6.54. The van der Waals surface area contributed by atoms with E-state index in [2.05, 4.69) is 10.6 Å². The van der Waals surface area contributed by atoms with Crippen LogP contribution < -0.4 is 20.1 Å². The fraction of sp³-hybridized carbons (Fsp3) is 0.238. The van der Waals surface area contributed by atoms with Crippen LogP contribution in [0.3, 0.4) is 0 Å². The van der Waals surface area contributed by atoms with Crippen molar-refractivity contribution in [3.8, 4) is 11.5 Å². The van der Waals surface area contributed by atoms with Crippen LogP contribution in [-0.4, -0.2) is 25.3 Å². The molecule has 2 N–H and O–H groups in total. The molecule has 1 atom stereocenters. The van der Waals surface area contributed by atoms with E-state index in [1.54, 1.807) is 14.0 Å². The number of nitrogens with one attached hydrogen (secondary N) is 2. The van der Waals surface area contributed by atoms with Crippen molar-refractivity contribution in [3.05, 3.63) is 70.9 Å². The first kappa shape index (κ1) is 19.7. The average Bonchev–Trinajstić information content (AvgIpc) is 2.71. The van der Waals surface area contributed by atoms with Crippen molar-refractivity contribution in [2.75, 3.05) is 14.2 Å². The number of carbonyl (C=O) groups is 1. The summed E-state index contributed by atoms with van der Waals surface area (Å²) in [6.45, 7) is 2.15. The Hall–Kier alpha value is -3.06. The lowest BCUT2D eigenvalue weighted by atomic mass is 9.94. The van der Waals surface area contributed by atoms with Gasteiger partial charge in [-0.3, -0.25) is 0 Å². The van der Waals surface area contributed by atoms with Crippen LogP contribution in [0, 0.1) is 0 Å². The molecule has 0 spiro atoms. The normalized spacial score (nSPS) is 16.1. The number of allylic oxidation sites excluding steroid dienone is 1. The zero-order valence-corrected chi connectivity index (χ0v) is 16.8. The minimum absolute atomic E-state index is 0.361. The van der Waals surface area contributed by atoms with Crippen molar-refractivity contribution in [2.24, 2.45) is 0 Å². The summed E-state index contributed by atoms with van der Waals surface area (Å²) in [7, 11) is 2.93. The number of ether oxygens (including phenoxy) is 3. The highest BCUT2D eigenvalue weighted by Gasteiger charge is 2.33. The molecule has 146 valence electrons. The molecule has 2 aromatic rings. The van der Waals surface area contributed by atoms with E-state index in [9.17, 15) is 4.79 Å². The van der Waals surface area contributed by atoms with Crippen LogP contribution >= 0.6 is 12.2 Å². The molecule has 1 heterocycles. The SMILES string of the molecule is COC(=O)C1=C(C)NC(=S)NC1c1cccc(OC)c1OCc1ccccc1. The van der Waals surface area contributed by atoms with Crippen LogP contribution in [0.15, 0.2) is 59.8 Å². The summed E-state index contributed by atoms with van der Waals surface area (Å²) in [6, 6.07) is 14.8. The predicted molar refractivity (Wildman–Crippen MR) is 110 cm³/mol. The summed E-state index contributed by atoms with van der Waals surface area (Å²) in [5.74, 6) is 0.675. The summed E-state index contributed by atoms with van der Waals surface area (Å²) >= 11 is 5.30. The van der Waals surface area contributed by atoms with Gasteiger partial charge in [-0.1, -0.05) is 42.5 Å². The molecule has 1 aliphatic rings. The number of hydrogen-bond donors (Lipinski definition) is 2. The van der Waals surface area contributed by atoms with Gasteiger partial charge in [0, 0.05) is 11.3 Å². The molecule has 0 aromatic heterocycles. The van der Waals surface area contributed by atoms with E-state index < -0.39 is 12.0 Å². The van der Waals surface area contributed by atoms with Crippen molar-refractivity contribution in [3.63, 3.8) is 0 Å². The summed E-state index contributed by atoms with van der Waals surface area (Å²) in [4.78, 5) is 12.4. The van der Waals surface area contributed by atoms with Crippen LogP contribution in [-0.2, 0) is 16.1 Å². The number of esters is 1. The van der Waals surface area contributed by atoms with Gasteiger partial charge in [-0.05, 0) is 30.8 Å². The standard InChI is InChI=1S/C21H22N2O4S/c1-13-17(20(24)26-3)18(23-21(28)22-13)15-10-7-11-16(25-2)19(15)27-12-14-8-5-4-6-9-14/h4-11,18H,12H2,1-3H3,(H2,22,23,28). The lowest BCUT2D eigenvalue weighted by Gasteiger charge is -2.31. The Morgan fingerprint density at radius 3 is 2.54 bits per heavy atom. The highest BCUT2D eigenvalue weighted by Crippen LogP contribution is 2.39. The number of para-hydroxylation sites is 1. The molecule has 0 amide bonds. The third-order valence-corrected chi connectivity index (χ3v) is 4.66. The van der Waals surface area contributed by atoms with Gasteiger partial charge >= 0.3 is 5.97 Å². The van der Waals surface area contributed by atoms with Gasteiger partial charge in [0.05, 0.1) is 25.8 Å². The zero-order chi connectivity index (χ0) is 20.1. The van der Waals surface area contributed by atoms with Crippen LogP contribution in [0.2, 0.25) is 0 Å². The van der Waals surface area contributed by atoms with E-state index in [0.29, 0.717) is 34.5 Å². The van der Waals surface area contributed by atoms with E-state index in [1.807, 2.05) is 48.5 Å². The number of methoxy groups -OCH3 is 2. The fourth-order valence-corrected chi connectivity index (χ4v) is 3.38. The first-order valence-corrected chi connectivity index (χ1v) is 9.16. The first-order valence-electron chi connectivity index (χ1n) is 8.75. The molecule has 2 aromatic carbocycles. The molecule has 7 heteroatoms. The van der Waals surface area contributed by atoms with Crippen molar-refractivity contribution < 1.29 is 19.0 Å². The Morgan fingerprint density at radius 2 is 1.86 bits per heavy atom. The molecular weight excluding hydrogens is 376 g/mol. The van der Waals surface area contributed by atoms with Gasteiger partial charge in [0.15, 0.2) is 16.6 Å². The number of benzene rings is 2. The molecule has 0 saturated carbocycles. The summed E-state index contributed by atoms with van der Waals surface area (Å²) in [6.07, 6.45) is 0. The summed E-state index contributed by atoms with van der Waals surface area (Å²) in [5.41, 5.74) is 2.83. The lowest BCUT2D eigenvalue weighted by molar-refractivity contribution is -0.136. The van der Waals surface area contributed by atoms with Gasteiger partial charge in [0.1, 0.15) is 6.61 Å². The Labute approximate surface area is 169 Å². The Morgan fingerprint density at radius 1 is 1.11 bits per heavy atom. The second kappa shape index (κ2) is 8.75. The molecule has 6 nitrogen and oxygen atoms in total. The third kappa shape index (κ3) is 4.09. The first-order chi connectivity index (χ1) is 13.5. The lowest BCUT2D eigenvalue weighted by Crippen LogP contribution is -2.45. The highest BCUT2D eigenvalue weighted by atomic mass is 32.1. The Bertz CT molecular complexity index is 912. The maximum absolute atomic E-state index is 12.4. The molecule has 1 unspecified atom stereocenters. The third-order valence-electron chi connectivity index (χ3n) is 4.44. The summed E-state index contributed by atoms with van der Waals surface area (Å²) < 4.78 is 16.6. The van der Waals surface area contributed by atoms with E-state index >= 15 is 0 Å². The number of hydrogen-bond acceptors (Lipinski definition) is 5. The number of thiocarbonyl (C=S) groups is 1. The van der Waals surface area contributed by atoms with E-state index in [0.717, 1.165) is 11.1 Å². The number of rotatable bonds is 6. The van der Waals surface area contributed by atoms with E-state index in [-0.39, 0.29) is 0 Å². The second-order valence-corrected chi connectivity index (χ2v) is 6.62. The van der Waals surface area contributed by atoms with Crippen LogP contribution in [0.4, 0.5) is 0 Å². The second-order valence-electron chi connectivity index (χ2n) is 6.21. The van der Waals surface area contributed by atoms with Crippen LogP contribution in [0.5, 0.6) is 11.5 Å². The quantitative estimate of drug-likeness (QED) is 0.572. The van der Waals surface area contributed by atoms with Gasteiger partial charge in [-0.15, -0.1) is 0 Å². The minimum Gasteiger partial charge on any atom is -0.493 e. The Kier molecular flexibility index (Phi) is 6.16. The number of carbonyl (C=O) groups excluding carboxylic acids is 1. The molecule has 28 heavy (non-hydrogen) atoms. The highest BCUT2D eigenvalue weighted by molar-refractivity contribution is 7.80. The van der Waals surface area contributed by atoms with Crippen molar-refractivity contribution in [1.82, 2.24) is 10.6 Å². The van der Waals surface area contributed by atoms with Gasteiger partial charge in [-0.2, -0.15) is 0 Å². The van der Waals surface area contributed by atoms with Crippen LogP contribution in [0.25, 0.3) is 0 Å². The molecule has 1 aliphatic heterocycles. The molecule has 0 fully saturated rings. The van der Waals surface area contributed by atoms with Crippen molar-refractivity contribution >= 4 is 23.3 Å².